The van der Waals surface area contributed by atoms with Gasteiger partial charge in [0.2, 0.25) is 0 Å². The molecule has 0 spiro atoms. The molecule has 4 rings (SSSR count). The largest absolute Gasteiger partial charge is 0.496 e. The Hall–Kier alpha value is -3.59. The van der Waals surface area contributed by atoms with Gasteiger partial charge >= 0.3 is 0 Å². The molecule has 1 aromatic carbocycles. The van der Waals surface area contributed by atoms with Crippen LogP contribution in [0.2, 0.25) is 0 Å². The van der Waals surface area contributed by atoms with Crippen molar-refractivity contribution >= 4 is 5.91 Å². The van der Waals surface area contributed by atoms with Crippen molar-refractivity contribution in [1.82, 2.24) is 24.3 Å². The molecule has 0 aliphatic carbocycles. The molecule has 0 fully saturated rings. The third kappa shape index (κ3) is 6.10. The molecule has 1 aliphatic rings. The van der Waals surface area contributed by atoms with Gasteiger partial charge in [-0.25, -0.2) is 4.98 Å². The maximum atomic E-state index is 13.2. The molecule has 0 atom stereocenters. The fourth-order valence-corrected chi connectivity index (χ4v) is 4.44. The van der Waals surface area contributed by atoms with Gasteiger partial charge in [0.05, 0.1) is 20.0 Å². The highest BCUT2D eigenvalue weighted by Crippen LogP contribution is 2.23. The Bertz CT molecular complexity index is 1170. The highest BCUT2D eigenvalue weighted by Gasteiger charge is 2.25. The van der Waals surface area contributed by atoms with Crippen molar-refractivity contribution in [3.63, 3.8) is 0 Å². The number of carbonyl (C=O) groups is 1. The quantitative estimate of drug-likeness (QED) is 0.449. The maximum absolute atomic E-state index is 13.2. The predicted octanol–water partition coefficient (Wildman–Crippen LogP) is 2.33. The number of imidazole rings is 1. The first-order valence-electron chi connectivity index (χ1n) is 12.1. The normalized spacial score (nSPS) is 13.7. The van der Waals surface area contributed by atoms with E-state index in [0.29, 0.717) is 37.4 Å². The van der Waals surface area contributed by atoms with E-state index >= 15 is 0 Å². The number of aryl methyl sites for hydroxylation is 1. The van der Waals surface area contributed by atoms with Gasteiger partial charge in [0, 0.05) is 69.8 Å². The van der Waals surface area contributed by atoms with E-state index in [1.54, 1.807) is 17.1 Å². The molecule has 35 heavy (non-hydrogen) atoms. The minimum atomic E-state index is -0.212. The fraction of sp³-hybridized carbons (Fsp3) is 0.423. The Morgan fingerprint density at radius 3 is 2.71 bits per heavy atom. The van der Waals surface area contributed by atoms with Gasteiger partial charge in [-0.15, -0.1) is 0 Å². The molecule has 1 N–H and O–H groups in total. The molecule has 0 unspecified atom stereocenters. The van der Waals surface area contributed by atoms with Crippen LogP contribution in [0.25, 0.3) is 0 Å². The molecule has 2 aromatic heterocycles. The van der Waals surface area contributed by atoms with Crippen LogP contribution in [0.4, 0.5) is 0 Å². The van der Waals surface area contributed by atoms with Crippen molar-refractivity contribution in [2.45, 2.75) is 39.4 Å². The number of methoxy groups -OCH3 is 1. The van der Waals surface area contributed by atoms with E-state index < -0.39 is 0 Å². The summed E-state index contributed by atoms with van der Waals surface area (Å²) in [4.78, 5) is 32.4. The minimum absolute atomic E-state index is 0.142. The second-order valence-electron chi connectivity index (χ2n) is 8.54. The highest BCUT2D eigenvalue weighted by atomic mass is 16.5. The average molecular weight is 480 g/mol. The third-order valence-electron chi connectivity index (χ3n) is 6.21. The standard InChI is InChI=1S/C26H33N5O4/c1-3-35-21-7-5-20(6-8-21)18-29-13-9-22-25(23(34-2)17-24(32)31(22)16-15-29)26(33)28-10-4-12-30-14-11-27-19-30/h5-8,11,14,17,19H,3-4,9-10,12-13,15-16,18H2,1-2H3,(H,28,33). The molecule has 9 heteroatoms. The van der Waals surface area contributed by atoms with Crippen LogP contribution in [0.5, 0.6) is 11.5 Å². The summed E-state index contributed by atoms with van der Waals surface area (Å²) in [7, 11) is 1.50. The van der Waals surface area contributed by atoms with Crippen LogP contribution in [-0.4, -0.2) is 58.3 Å². The van der Waals surface area contributed by atoms with E-state index in [4.69, 9.17) is 9.47 Å². The molecule has 186 valence electrons. The average Bonchev–Trinajstić information content (AvgIpc) is 3.30. The zero-order valence-corrected chi connectivity index (χ0v) is 20.4. The molecule has 9 nitrogen and oxygen atoms in total. The maximum Gasteiger partial charge on any atom is 0.256 e. The second kappa shape index (κ2) is 11.7. The smallest absolute Gasteiger partial charge is 0.256 e. The van der Waals surface area contributed by atoms with E-state index in [9.17, 15) is 9.59 Å². The number of fused-ring (bicyclic) bond motifs is 1. The lowest BCUT2D eigenvalue weighted by molar-refractivity contribution is 0.0947. The van der Waals surface area contributed by atoms with Crippen LogP contribution in [0.3, 0.4) is 0 Å². The number of pyridine rings is 1. The topological polar surface area (TPSA) is 90.6 Å². The zero-order chi connectivity index (χ0) is 24.6. The lowest BCUT2D eigenvalue weighted by Gasteiger charge is -2.19. The molecule has 3 aromatic rings. The first-order valence-corrected chi connectivity index (χ1v) is 12.1. The van der Waals surface area contributed by atoms with E-state index in [2.05, 4.69) is 27.3 Å². The Labute approximate surface area is 205 Å². The number of nitrogens with one attached hydrogen (secondary N) is 1. The number of carbonyl (C=O) groups excluding carboxylic acids is 1. The van der Waals surface area contributed by atoms with Crippen LogP contribution >= 0.6 is 0 Å². The number of rotatable bonds is 10. The summed E-state index contributed by atoms with van der Waals surface area (Å²) in [5.41, 5.74) is 2.23. The molecular formula is C26H33N5O4. The lowest BCUT2D eigenvalue weighted by atomic mass is 10.1. The number of nitrogens with zero attached hydrogens (tertiary/aromatic N) is 4. The molecule has 0 radical (unpaired) electrons. The number of hydrogen-bond donors (Lipinski definition) is 1. The summed E-state index contributed by atoms with van der Waals surface area (Å²) in [5, 5.41) is 3.00. The summed E-state index contributed by atoms with van der Waals surface area (Å²) in [6, 6.07) is 9.53. The second-order valence-corrected chi connectivity index (χ2v) is 8.54. The molecule has 0 saturated heterocycles. The summed E-state index contributed by atoms with van der Waals surface area (Å²) in [6.45, 7) is 6.64. The van der Waals surface area contributed by atoms with Crippen LogP contribution < -0.4 is 20.3 Å². The van der Waals surface area contributed by atoms with Crippen molar-refractivity contribution in [3.05, 3.63) is 76.2 Å². The van der Waals surface area contributed by atoms with Crippen molar-refractivity contribution < 1.29 is 14.3 Å². The van der Waals surface area contributed by atoms with Crippen LogP contribution in [0, 0.1) is 0 Å². The summed E-state index contributed by atoms with van der Waals surface area (Å²) in [6.07, 6.45) is 6.75. The van der Waals surface area contributed by atoms with E-state index in [-0.39, 0.29) is 11.5 Å². The van der Waals surface area contributed by atoms with Gasteiger partial charge in [0.1, 0.15) is 17.1 Å². The molecule has 1 aliphatic heterocycles. The third-order valence-corrected chi connectivity index (χ3v) is 6.21. The Morgan fingerprint density at radius 1 is 1.17 bits per heavy atom. The van der Waals surface area contributed by atoms with Gasteiger partial charge in [0.15, 0.2) is 0 Å². The molecular weight excluding hydrogens is 446 g/mol. The first-order chi connectivity index (χ1) is 17.1. The fourth-order valence-electron chi connectivity index (χ4n) is 4.44. The van der Waals surface area contributed by atoms with Crippen LogP contribution in [0.1, 0.15) is 35.0 Å². The van der Waals surface area contributed by atoms with E-state index in [0.717, 1.165) is 44.0 Å². The minimum Gasteiger partial charge on any atom is -0.496 e. The summed E-state index contributed by atoms with van der Waals surface area (Å²) >= 11 is 0. The summed E-state index contributed by atoms with van der Waals surface area (Å²) in [5.74, 6) is 0.975. The van der Waals surface area contributed by atoms with Crippen LogP contribution in [-0.2, 0) is 26.1 Å². The predicted molar refractivity (Wildman–Crippen MR) is 133 cm³/mol. The van der Waals surface area contributed by atoms with E-state index in [1.165, 1.54) is 18.7 Å². The number of aromatic nitrogens is 3. The van der Waals surface area contributed by atoms with E-state index in [1.807, 2.05) is 29.8 Å². The molecule has 0 bridgehead atoms. The van der Waals surface area contributed by atoms with Crippen molar-refractivity contribution in [2.75, 3.05) is 33.4 Å². The monoisotopic (exact) mass is 479 g/mol. The molecule has 0 saturated carbocycles. The number of amides is 1. The number of hydrogen-bond acceptors (Lipinski definition) is 6. The van der Waals surface area contributed by atoms with Gasteiger partial charge in [-0.1, -0.05) is 12.1 Å². The number of ether oxygens (including phenoxy) is 2. The van der Waals surface area contributed by atoms with Gasteiger partial charge in [0.25, 0.3) is 11.5 Å². The highest BCUT2D eigenvalue weighted by molar-refractivity contribution is 5.98. The van der Waals surface area contributed by atoms with Crippen molar-refractivity contribution in [1.29, 1.82) is 0 Å². The van der Waals surface area contributed by atoms with Gasteiger partial charge in [-0.05, 0) is 31.0 Å². The van der Waals surface area contributed by atoms with Gasteiger partial charge in [-0.2, -0.15) is 0 Å². The van der Waals surface area contributed by atoms with Gasteiger partial charge in [-0.3, -0.25) is 14.5 Å². The Morgan fingerprint density at radius 2 is 2.00 bits per heavy atom. The summed E-state index contributed by atoms with van der Waals surface area (Å²) < 4.78 is 14.7. The SMILES string of the molecule is CCOc1ccc(CN2CCc3c(C(=O)NCCCn4ccnc4)c(OC)cc(=O)n3CC2)cc1. The Kier molecular flexibility index (Phi) is 8.20. The lowest BCUT2D eigenvalue weighted by Crippen LogP contribution is -2.32. The van der Waals surface area contributed by atoms with Crippen molar-refractivity contribution in [2.24, 2.45) is 0 Å². The van der Waals surface area contributed by atoms with Gasteiger partial charge < -0.3 is 23.9 Å². The van der Waals surface area contributed by atoms with Crippen molar-refractivity contribution in [3.8, 4) is 11.5 Å². The molecule has 3 heterocycles. The number of benzene rings is 1. The Balaban J connectivity index is 1.45. The first kappa shape index (κ1) is 24.5. The molecule has 1 amide bonds. The van der Waals surface area contributed by atoms with Crippen LogP contribution in [0.15, 0.2) is 53.8 Å². The zero-order valence-electron chi connectivity index (χ0n) is 20.4.